The molecule has 2 fully saturated rings. The predicted octanol–water partition coefficient (Wildman–Crippen LogP) is 3.07. The van der Waals surface area contributed by atoms with Crippen molar-refractivity contribution < 1.29 is 13.9 Å². The average molecular weight is 441 g/mol. The number of aromatic nitrogens is 2. The Bertz CT molecular complexity index is 964. The SMILES string of the molecule is N#C[C@H]1CN(CCC2CCOCC2)CC[C@H]1n1cc(C(N)=O)c(Nc2ccc(F)cc2)n1. The van der Waals surface area contributed by atoms with Crippen LogP contribution in [-0.4, -0.2) is 53.4 Å². The number of benzene rings is 1. The maximum absolute atomic E-state index is 13.2. The van der Waals surface area contributed by atoms with Gasteiger partial charge in [-0.1, -0.05) is 0 Å². The Morgan fingerprint density at radius 2 is 2.03 bits per heavy atom. The first-order chi connectivity index (χ1) is 15.5. The largest absolute Gasteiger partial charge is 0.381 e. The molecule has 3 heterocycles. The lowest BCUT2D eigenvalue weighted by molar-refractivity contribution is 0.0564. The molecule has 4 rings (SSSR count). The van der Waals surface area contributed by atoms with Crippen molar-refractivity contribution in [2.24, 2.45) is 17.6 Å². The number of ether oxygens (including phenoxy) is 1. The molecule has 0 saturated carbocycles. The van der Waals surface area contributed by atoms with Crippen molar-refractivity contribution >= 4 is 17.4 Å². The van der Waals surface area contributed by atoms with E-state index in [1.165, 1.54) is 12.1 Å². The van der Waals surface area contributed by atoms with Crippen LogP contribution in [0.5, 0.6) is 0 Å². The molecule has 170 valence electrons. The van der Waals surface area contributed by atoms with Crippen molar-refractivity contribution in [3.8, 4) is 6.07 Å². The number of piperidine rings is 1. The summed E-state index contributed by atoms with van der Waals surface area (Å²) < 4.78 is 20.3. The molecule has 1 aromatic heterocycles. The molecule has 0 bridgehead atoms. The zero-order valence-electron chi connectivity index (χ0n) is 18.0. The second-order valence-corrected chi connectivity index (χ2v) is 8.60. The predicted molar refractivity (Wildman–Crippen MR) is 118 cm³/mol. The van der Waals surface area contributed by atoms with Gasteiger partial charge in [-0.2, -0.15) is 10.4 Å². The maximum atomic E-state index is 13.2. The van der Waals surface area contributed by atoms with Gasteiger partial charge < -0.3 is 20.7 Å². The van der Waals surface area contributed by atoms with Crippen LogP contribution >= 0.6 is 0 Å². The van der Waals surface area contributed by atoms with Crippen LogP contribution in [0.3, 0.4) is 0 Å². The van der Waals surface area contributed by atoms with Crippen molar-refractivity contribution in [3.63, 3.8) is 0 Å². The summed E-state index contributed by atoms with van der Waals surface area (Å²) in [5.74, 6) is -0.188. The summed E-state index contributed by atoms with van der Waals surface area (Å²) in [5, 5.41) is 17.4. The van der Waals surface area contributed by atoms with Gasteiger partial charge in [0, 0.05) is 38.2 Å². The van der Waals surface area contributed by atoms with E-state index in [1.807, 2.05) is 0 Å². The molecule has 2 aromatic rings. The van der Waals surface area contributed by atoms with Crippen molar-refractivity contribution in [3.05, 3.63) is 41.8 Å². The highest BCUT2D eigenvalue weighted by atomic mass is 19.1. The van der Waals surface area contributed by atoms with E-state index in [0.717, 1.165) is 52.0 Å². The van der Waals surface area contributed by atoms with Crippen LogP contribution in [-0.2, 0) is 4.74 Å². The van der Waals surface area contributed by atoms with Gasteiger partial charge in [0.25, 0.3) is 5.91 Å². The number of anilines is 2. The normalized spacial score (nSPS) is 22.4. The van der Waals surface area contributed by atoms with Crippen LogP contribution in [0.2, 0.25) is 0 Å². The fourth-order valence-corrected chi connectivity index (χ4v) is 4.56. The third kappa shape index (κ3) is 5.26. The molecule has 8 nitrogen and oxygen atoms in total. The lowest BCUT2D eigenvalue weighted by Crippen LogP contribution is -2.42. The van der Waals surface area contributed by atoms with E-state index in [2.05, 4.69) is 21.4 Å². The summed E-state index contributed by atoms with van der Waals surface area (Å²) in [6, 6.07) is 8.07. The van der Waals surface area contributed by atoms with Crippen LogP contribution in [0, 0.1) is 29.0 Å². The van der Waals surface area contributed by atoms with E-state index in [9.17, 15) is 14.4 Å². The average Bonchev–Trinajstić information content (AvgIpc) is 3.23. The molecular formula is C23H29FN6O2. The lowest BCUT2D eigenvalue weighted by atomic mass is 9.92. The Labute approximate surface area is 187 Å². The number of nitrogens with zero attached hydrogens (tertiary/aromatic N) is 4. The van der Waals surface area contributed by atoms with Gasteiger partial charge in [-0.05, 0) is 62.4 Å². The quantitative estimate of drug-likeness (QED) is 0.685. The smallest absolute Gasteiger partial charge is 0.254 e. The molecule has 2 aliphatic heterocycles. The molecule has 3 N–H and O–H groups in total. The lowest BCUT2D eigenvalue weighted by Gasteiger charge is -2.36. The number of carbonyl (C=O) groups is 1. The maximum Gasteiger partial charge on any atom is 0.254 e. The van der Waals surface area contributed by atoms with Crippen molar-refractivity contribution in [2.75, 3.05) is 38.2 Å². The van der Waals surface area contributed by atoms with Crippen molar-refractivity contribution in [2.45, 2.75) is 31.7 Å². The van der Waals surface area contributed by atoms with Crippen LogP contribution in [0.4, 0.5) is 15.9 Å². The summed E-state index contributed by atoms with van der Waals surface area (Å²) in [7, 11) is 0. The minimum atomic E-state index is -0.608. The third-order valence-electron chi connectivity index (χ3n) is 6.46. The Balaban J connectivity index is 1.43. The fraction of sp³-hybridized carbons (Fsp3) is 0.522. The van der Waals surface area contributed by atoms with Gasteiger partial charge in [0.1, 0.15) is 11.4 Å². The van der Waals surface area contributed by atoms with Gasteiger partial charge in [0.05, 0.1) is 18.0 Å². The minimum absolute atomic E-state index is 0.138. The first kappa shape index (κ1) is 22.2. The summed E-state index contributed by atoms with van der Waals surface area (Å²) >= 11 is 0. The van der Waals surface area contributed by atoms with E-state index in [4.69, 9.17) is 10.5 Å². The van der Waals surface area contributed by atoms with Crippen molar-refractivity contribution in [1.82, 2.24) is 14.7 Å². The molecule has 0 aliphatic carbocycles. The Morgan fingerprint density at radius 3 is 2.72 bits per heavy atom. The molecule has 9 heteroatoms. The highest BCUT2D eigenvalue weighted by Crippen LogP contribution is 2.31. The molecule has 1 amide bonds. The molecule has 2 aliphatic rings. The summed E-state index contributed by atoms with van der Waals surface area (Å²) in [5.41, 5.74) is 6.40. The van der Waals surface area contributed by atoms with E-state index in [0.29, 0.717) is 24.0 Å². The number of nitriles is 1. The molecule has 32 heavy (non-hydrogen) atoms. The number of primary amides is 1. The van der Waals surface area contributed by atoms with Gasteiger partial charge in [0.2, 0.25) is 0 Å². The molecule has 2 saturated heterocycles. The Hall–Kier alpha value is -2.96. The third-order valence-corrected chi connectivity index (χ3v) is 6.46. The van der Waals surface area contributed by atoms with Gasteiger partial charge in [-0.15, -0.1) is 0 Å². The van der Waals surface area contributed by atoms with Crippen LogP contribution in [0.1, 0.15) is 42.1 Å². The van der Waals surface area contributed by atoms with E-state index >= 15 is 0 Å². The second-order valence-electron chi connectivity index (χ2n) is 8.60. The standard InChI is InChI=1S/C23H29FN6O2/c24-18-1-3-19(4-2-18)27-23-20(22(26)31)15-30(28-23)21-6-10-29(14-17(21)13-25)9-5-16-7-11-32-12-8-16/h1-4,15-17,21H,5-12,14H2,(H2,26,31)(H,27,28)/t17-,21+/m0/s1. The molecule has 0 spiro atoms. The summed E-state index contributed by atoms with van der Waals surface area (Å²) in [4.78, 5) is 14.3. The number of hydrogen-bond donors (Lipinski definition) is 2. The molecule has 2 atom stereocenters. The first-order valence-corrected chi connectivity index (χ1v) is 11.1. The Kier molecular flexibility index (Phi) is 7.02. The van der Waals surface area contributed by atoms with Crippen LogP contribution in [0.15, 0.2) is 30.5 Å². The number of nitrogens with one attached hydrogen (secondary N) is 1. The van der Waals surface area contributed by atoms with Gasteiger partial charge in [0.15, 0.2) is 5.82 Å². The van der Waals surface area contributed by atoms with Gasteiger partial charge in [-0.3, -0.25) is 9.48 Å². The van der Waals surface area contributed by atoms with E-state index < -0.39 is 5.91 Å². The number of likely N-dealkylation sites (tertiary alicyclic amines) is 1. The molecule has 0 unspecified atom stereocenters. The van der Waals surface area contributed by atoms with Crippen molar-refractivity contribution in [1.29, 1.82) is 5.26 Å². The minimum Gasteiger partial charge on any atom is -0.381 e. The number of amides is 1. The summed E-state index contributed by atoms with van der Waals surface area (Å²) in [6.07, 6.45) is 5.74. The first-order valence-electron chi connectivity index (χ1n) is 11.1. The molecular weight excluding hydrogens is 411 g/mol. The molecule has 0 radical (unpaired) electrons. The Morgan fingerprint density at radius 1 is 1.28 bits per heavy atom. The number of rotatable bonds is 7. The highest BCUT2D eigenvalue weighted by Gasteiger charge is 2.32. The topological polar surface area (TPSA) is 109 Å². The zero-order chi connectivity index (χ0) is 22.5. The summed E-state index contributed by atoms with van der Waals surface area (Å²) in [6.45, 7) is 4.24. The number of nitrogens with two attached hydrogens (primary N) is 1. The van der Waals surface area contributed by atoms with E-state index in [1.54, 1.807) is 23.0 Å². The molecule has 1 aromatic carbocycles. The number of halogens is 1. The van der Waals surface area contributed by atoms with Gasteiger partial charge >= 0.3 is 0 Å². The monoisotopic (exact) mass is 440 g/mol. The van der Waals surface area contributed by atoms with Crippen LogP contribution in [0.25, 0.3) is 0 Å². The zero-order valence-corrected chi connectivity index (χ0v) is 18.0. The number of hydrogen-bond acceptors (Lipinski definition) is 6. The number of carbonyl (C=O) groups excluding carboxylic acids is 1. The fourth-order valence-electron chi connectivity index (χ4n) is 4.56. The second kappa shape index (κ2) is 10.1. The highest BCUT2D eigenvalue weighted by molar-refractivity contribution is 5.98. The van der Waals surface area contributed by atoms with E-state index in [-0.39, 0.29) is 23.3 Å². The van der Waals surface area contributed by atoms with Crippen LogP contribution < -0.4 is 11.1 Å². The van der Waals surface area contributed by atoms with Gasteiger partial charge in [-0.25, -0.2) is 4.39 Å².